The number of aliphatic carboxylic acids is 1. The monoisotopic (exact) mass is 275 g/mol. The highest BCUT2D eigenvalue weighted by molar-refractivity contribution is 5.82. The molecule has 0 aromatic heterocycles. The van der Waals surface area contributed by atoms with Gasteiger partial charge < -0.3 is 10.0 Å². The van der Waals surface area contributed by atoms with E-state index in [-0.39, 0.29) is 18.9 Å². The second-order valence-corrected chi connectivity index (χ2v) is 5.07. The lowest BCUT2D eigenvalue weighted by molar-refractivity contribution is -0.143. The molecule has 0 saturated carbocycles. The summed E-state index contributed by atoms with van der Waals surface area (Å²) in [5.41, 5.74) is 2.31. The number of amides is 1. The van der Waals surface area contributed by atoms with Crippen molar-refractivity contribution in [1.29, 1.82) is 0 Å². The van der Waals surface area contributed by atoms with Crippen molar-refractivity contribution in [3.63, 3.8) is 0 Å². The van der Waals surface area contributed by atoms with Gasteiger partial charge in [-0.25, -0.2) is 0 Å². The highest BCUT2D eigenvalue weighted by atomic mass is 16.4. The molecule has 0 radical (unpaired) electrons. The van der Waals surface area contributed by atoms with E-state index >= 15 is 0 Å². The molecule has 4 nitrogen and oxygen atoms in total. The summed E-state index contributed by atoms with van der Waals surface area (Å²) in [5, 5.41) is 8.60. The van der Waals surface area contributed by atoms with Crippen molar-refractivity contribution in [2.75, 3.05) is 13.6 Å². The lowest BCUT2D eigenvalue weighted by atomic mass is 10.0. The number of nitrogens with zero attached hydrogens (tertiary/aromatic N) is 1. The zero-order chi connectivity index (χ0) is 15.1. The zero-order valence-electron chi connectivity index (χ0n) is 12.2. The Balaban J connectivity index is 2.52. The summed E-state index contributed by atoms with van der Waals surface area (Å²) < 4.78 is 0. The number of carboxylic acids is 1. The van der Waals surface area contributed by atoms with Crippen molar-refractivity contribution in [3.05, 3.63) is 41.5 Å². The summed E-state index contributed by atoms with van der Waals surface area (Å²) in [7, 11) is 1.49. The van der Waals surface area contributed by atoms with E-state index in [9.17, 15) is 9.59 Å². The van der Waals surface area contributed by atoms with Gasteiger partial charge in [0, 0.05) is 13.5 Å². The van der Waals surface area contributed by atoms with E-state index in [0.717, 1.165) is 5.56 Å². The SMILES string of the molecule is CC(C)c1ccc(/C=C/CC(=O)N(C)CC(=O)O)cc1. The van der Waals surface area contributed by atoms with E-state index in [1.54, 1.807) is 6.08 Å². The molecule has 0 fully saturated rings. The van der Waals surface area contributed by atoms with Crippen LogP contribution in [0.25, 0.3) is 6.08 Å². The van der Waals surface area contributed by atoms with Gasteiger partial charge in [-0.15, -0.1) is 0 Å². The first-order chi connectivity index (χ1) is 9.40. The van der Waals surface area contributed by atoms with Crippen molar-refractivity contribution >= 4 is 18.0 Å². The first-order valence-electron chi connectivity index (χ1n) is 6.62. The van der Waals surface area contributed by atoms with E-state index in [1.165, 1.54) is 17.5 Å². The number of likely N-dealkylation sites (N-methyl/N-ethyl adjacent to an activating group) is 1. The van der Waals surface area contributed by atoms with Crippen molar-refractivity contribution in [2.45, 2.75) is 26.2 Å². The number of hydrogen-bond acceptors (Lipinski definition) is 2. The molecule has 1 rings (SSSR count). The third-order valence-electron chi connectivity index (χ3n) is 3.00. The zero-order valence-corrected chi connectivity index (χ0v) is 12.2. The van der Waals surface area contributed by atoms with Gasteiger partial charge in [-0.2, -0.15) is 0 Å². The number of hydrogen-bond donors (Lipinski definition) is 1. The Labute approximate surface area is 119 Å². The van der Waals surface area contributed by atoms with Crippen LogP contribution in [0.3, 0.4) is 0 Å². The quantitative estimate of drug-likeness (QED) is 0.868. The van der Waals surface area contributed by atoms with E-state index in [2.05, 4.69) is 26.0 Å². The molecular weight excluding hydrogens is 254 g/mol. The Morgan fingerprint density at radius 2 is 1.85 bits per heavy atom. The molecule has 0 heterocycles. The van der Waals surface area contributed by atoms with Crippen LogP contribution in [-0.2, 0) is 9.59 Å². The number of rotatable bonds is 6. The fraction of sp³-hybridized carbons (Fsp3) is 0.375. The summed E-state index contributed by atoms with van der Waals surface area (Å²) in [5.74, 6) is -0.712. The van der Waals surface area contributed by atoms with Crippen LogP contribution in [0.15, 0.2) is 30.3 Å². The minimum absolute atomic E-state index is 0.204. The molecule has 0 aliphatic rings. The molecule has 0 aliphatic heterocycles. The van der Waals surface area contributed by atoms with Crippen LogP contribution in [0.5, 0.6) is 0 Å². The average molecular weight is 275 g/mol. The van der Waals surface area contributed by atoms with Crippen LogP contribution in [0, 0.1) is 0 Å². The first kappa shape index (κ1) is 16.0. The molecule has 0 spiro atoms. The number of carbonyl (C=O) groups excluding carboxylic acids is 1. The Hall–Kier alpha value is -2.10. The van der Waals surface area contributed by atoms with Crippen LogP contribution in [-0.4, -0.2) is 35.5 Å². The fourth-order valence-corrected chi connectivity index (χ4v) is 1.73. The highest BCUT2D eigenvalue weighted by Gasteiger charge is 2.09. The van der Waals surface area contributed by atoms with Gasteiger partial charge >= 0.3 is 5.97 Å². The Bertz CT molecular complexity index is 489. The smallest absolute Gasteiger partial charge is 0.323 e. The standard InChI is InChI=1S/C16H21NO3/c1-12(2)14-9-7-13(8-10-14)5-4-6-15(18)17(3)11-16(19)20/h4-5,7-10,12H,6,11H2,1-3H3,(H,19,20)/b5-4+. The molecule has 0 bridgehead atoms. The largest absolute Gasteiger partial charge is 0.480 e. The normalized spacial score (nSPS) is 11.0. The van der Waals surface area contributed by atoms with Crippen molar-refractivity contribution < 1.29 is 14.7 Å². The molecule has 1 N–H and O–H groups in total. The van der Waals surface area contributed by atoms with Crippen molar-refractivity contribution in [2.24, 2.45) is 0 Å². The summed E-state index contributed by atoms with van der Waals surface area (Å²) in [6.07, 6.45) is 3.83. The predicted octanol–water partition coefficient (Wildman–Crippen LogP) is 2.76. The fourth-order valence-electron chi connectivity index (χ4n) is 1.73. The van der Waals surface area contributed by atoms with Crippen LogP contribution >= 0.6 is 0 Å². The molecule has 20 heavy (non-hydrogen) atoms. The summed E-state index contributed by atoms with van der Waals surface area (Å²) in [4.78, 5) is 23.3. The Morgan fingerprint density at radius 1 is 1.25 bits per heavy atom. The molecule has 108 valence electrons. The highest BCUT2D eigenvalue weighted by Crippen LogP contribution is 2.15. The maximum absolute atomic E-state index is 11.6. The lowest BCUT2D eigenvalue weighted by Crippen LogP contribution is -2.31. The van der Waals surface area contributed by atoms with Crippen LogP contribution in [0.4, 0.5) is 0 Å². The van der Waals surface area contributed by atoms with Crippen molar-refractivity contribution in [3.8, 4) is 0 Å². The molecule has 1 aromatic carbocycles. The molecular formula is C16H21NO3. The van der Waals surface area contributed by atoms with Crippen molar-refractivity contribution in [1.82, 2.24) is 4.90 Å². The number of carbonyl (C=O) groups is 2. The lowest BCUT2D eigenvalue weighted by Gasteiger charge is -2.12. The second-order valence-electron chi connectivity index (χ2n) is 5.07. The van der Waals surface area contributed by atoms with Gasteiger partial charge in [-0.1, -0.05) is 50.3 Å². The molecule has 1 amide bonds. The average Bonchev–Trinajstić information content (AvgIpc) is 2.38. The van der Waals surface area contributed by atoms with E-state index in [1.807, 2.05) is 18.2 Å². The van der Waals surface area contributed by atoms with Crippen LogP contribution < -0.4 is 0 Å². The summed E-state index contributed by atoms with van der Waals surface area (Å²) in [6, 6.07) is 8.17. The Morgan fingerprint density at radius 3 is 2.35 bits per heavy atom. The van der Waals surface area contributed by atoms with Gasteiger partial charge in [-0.3, -0.25) is 9.59 Å². The predicted molar refractivity (Wildman–Crippen MR) is 79.5 cm³/mol. The Kier molecular flexibility index (Phi) is 5.97. The van der Waals surface area contributed by atoms with Gasteiger partial charge in [0.2, 0.25) is 5.91 Å². The summed E-state index contributed by atoms with van der Waals surface area (Å²) in [6.45, 7) is 4.01. The van der Waals surface area contributed by atoms with Crippen LogP contribution in [0.1, 0.15) is 37.3 Å². The molecule has 4 heteroatoms. The van der Waals surface area contributed by atoms with Gasteiger partial charge in [0.1, 0.15) is 6.54 Å². The van der Waals surface area contributed by atoms with E-state index in [4.69, 9.17) is 5.11 Å². The van der Waals surface area contributed by atoms with Gasteiger partial charge in [0.05, 0.1) is 0 Å². The molecule has 0 atom stereocenters. The number of carboxylic acid groups (broad SMARTS) is 1. The minimum atomic E-state index is -1.01. The summed E-state index contributed by atoms with van der Waals surface area (Å²) >= 11 is 0. The third-order valence-corrected chi connectivity index (χ3v) is 3.00. The molecule has 1 aromatic rings. The van der Waals surface area contributed by atoms with Gasteiger partial charge in [-0.05, 0) is 17.0 Å². The van der Waals surface area contributed by atoms with Gasteiger partial charge in [0.15, 0.2) is 0 Å². The van der Waals surface area contributed by atoms with E-state index in [0.29, 0.717) is 5.92 Å². The van der Waals surface area contributed by atoms with E-state index < -0.39 is 5.97 Å². The minimum Gasteiger partial charge on any atom is -0.480 e. The maximum Gasteiger partial charge on any atom is 0.323 e. The number of benzene rings is 1. The van der Waals surface area contributed by atoms with Crippen LogP contribution in [0.2, 0.25) is 0 Å². The second kappa shape index (κ2) is 7.48. The van der Waals surface area contributed by atoms with Gasteiger partial charge in [0.25, 0.3) is 0 Å². The maximum atomic E-state index is 11.6. The first-order valence-corrected chi connectivity index (χ1v) is 6.62. The topological polar surface area (TPSA) is 57.6 Å². The molecule has 0 unspecified atom stereocenters. The molecule has 0 aliphatic carbocycles. The third kappa shape index (κ3) is 5.26. The molecule has 0 saturated heterocycles.